The molecule has 0 N–H and O–H groups in total. The molecule has 0 spiro atoms. The van der Waals surface area contributed by atoms with Crippen molar-refractivity contribution in [3.05, 3.63) is 30.3 Å². The maximum absolute atomic E-state index is 6.33. The van der Waals surface area contributed by atoms with Crippen LogP contribution >= 0.6 is 11.6 Å². The van der Waals surface area contributed by atoms with Crippen LogP contribution in [0.4, 0.5) is 5.69 Å². The predicted molar refractivity (Wildman–Crippen MR) is 68.3 cm³/mol. The van der Waals surface area contributed by atoms with Gasteiger partial charge in [-0.15, -0.1) is 0 Å². The van der Waals surface area contributed by atoms with Gasteiger partial charge in [-0.3, -0.25) is 4.99 Å². The third kappa shape index (κ3) is 1.61. The Balaban J connectivity index is 1.92. The van der Waals surface area contributed by atoms with E-state index in [0.717, 1.165) is 6.42 Å². The second-order valence-corrected chi connectivity index (χ2v) is 4.83. The molecule has 3 heteroatoms. The molecule has 16 heavy (non-hydrogen) atoms. The molecule has 1 heterocycles. The zero-order chi connectivity index (χ0) is 11.0. The van der Waals surface area contributed by atoms with Crippen molar-refractivity contribution in [1.29, 1.82) is 0 Å². The summed E-state index contributed by atoms with van der Waals surface area (Å²) < 4.78 is 0. The molecule has 0 saturated heterocycles. The van der Waals surface area contributed by atoms with Crippen LogP contribution in [0.25, 0.3) is 0 Å². The van der Waals surface area contributed by atoms with Crippen molar-refractivity contribution in [1.82, 2.24) is 0 Å². The molecule has 1 saturated carbocycles. The Morgan fingerprint density at radius 3 is 2.81 bits per heavy atom. The minimum absolute atomic E-state index is 0.208. The Labute approximate surface area is 101 Å². The monoisotopic (exact) mass is 234 g/mol. The van der Waals surface area contributed by atoms with Crippen LogP contribution in [0, 0.1) is 0 Å². The zero-order valence-corrected chi connectivity index (χ0v) is 9.90. The number of aliphatic imine (C=N–C) groups is 1. The summed E-state index contributed by atoms with van der Waals surface area (Å²) in [6.45, 7) is 0. The number of alkyl halides is 1. The Morgan fingerprint density at radius 2 is 2.00 bits per heavy atom. The highest BCUT2D eigenvalue weighted by Gasteiger charge is 2.36. The van der Waals surface area contributed by atoms with Gasteiger partial charge in [-0.1, -0.05) is 36.2 Å². The van der Waals surface area contributed by atoms with Crippen LogP contribution < -0.4 is 4.90 Å². The molecule has 1 fully saturated rings. The van der Waals surface area contributed by atoms with E-state index in [9.17, 15) is 0 Å². The summed E-state index contributed by atoms with van der Waals surface area (Å²) in [5.74, 6) is 0. The molecule has 3 rings (SSSR count). The lowest BCUT2D eigenvalue weighted by Crippen LogP contribution is -2.39. The molecule has 1 aliphatic carbocycles. The Kier molecular flexibility index (Phi) is 2.60. The number of anilines is 1. The van der Waals surface area contributed by atoms with Crippen LogP contribution in [0.3, 0.4) is 0 Å². The molecule has 1 aliphatic heterocycles. The Hall–Kier alpha value is -1.02. The van der Waals surface area contributed by atoms with E-state index in [0.29, 0.717) is 6.04 Å². The second-order valence-electron chi connectivity index (χ2n) is 4.44. The molecule has 2 unspecified atom stereocenters. The fraction of sp³-hybridized carbons (Fsp3) is 0.462. The van der Waals surface area contributed by atoms with Gasteiger partial charge < -0.3 is 4.90 Å². The average Bonchev–Trinajstić information content (AvgIpc) is 2.66. The first-order valence-corrected chi connectivity index (χ1v) is 6.34. The van der Waals surface area contributed by atoms with Gasteiger partial charge in [0.05, 0.1) is 6.04 Å². The number of nitrogens with zero attached hydrogens (tertiary/aromatic N) is 2. The van der Waals surface area contributed by atoms with Gasteiger partial charge in [0, 0.05) is 11.4 Å². The summed E-state index contributed by atoms with van der Waals surface area (Å²) in [4.78, 5) is 6.82. The Morgan fingerprint density at radius 1 is 1.19 bits per heavy atom. The third-order valence-corrected chi connectivity index (χ3v) is 3.75. The fourth-order valence-electron chi connectivity index (χ4n) is 2.68. The van der Waals surface area contributed by atoms with E-state index in [-0.39, 0.29) is 5.62 Å². The minimum atomic E-state index is -0.208. The lowest BCUT2D eigenvalue weighted by Gasteiger charge is -2.31. The molecule has 2 atom stereocenters. The highest BCUT2D eigenvalue weighted by atomic mass is 35.5. The summed E-state index contributed by atoms with van der Waals surface area (Å²) in [5.41, 5.74) is 2.28. The van der Waals surface area contributed by atoms with E-state index in [4.69, 9.17) is 11.6 Å². The van der Waals surface area contributed by atoms with Gasteiger partial charge in [0.25, 0.3) is 0 Å². The minimum Gasteiger partial charge on any atom is -0.329 e. The van der Waals surface area contributed by atoms with E-state index in [2.05, 4.69) is 34.2 Å². The molecule has 1 aromatic carbocycles. The number of benzene rings is 1. The van der Waals surface area contributed by atoms with E-state index in [1.807, 2.05) is 6.07 Å². The van der Waals surface area contributed by atoms with Crippen molar-refractivity contribution in [3.63, 3.8) is 0 Å². The van der Waals surface area contributed by atoms with Gasteiger partial charge in [-0.2, -0.15) is 0 Å². The van der Waals surface area contributed by atoms with Crippen LogP contribution in [0.15, 0.2) is 35.3 Å². The van der Waals surface area contributed by atoms with Crippen LogP contribution in [-0.4, -0.2) is 17.4 Å². The summed E-state index contributed by atoms with van der Waals surface area (Å²) in [6.07, 6.45) is 4.87. The number of halogens is 1. The normalized spacial score (nSPS) is 28.8. The first-order chi connectivity index (χ1) is 7.86. The highest BCUT2D eigenvalue weighted by Crippen LogP contribution is 2.34. The maximum Gasteiger partial charge on any atom is 0.198 e. The first kappa shape index (κ1) is 10.2. The molecular weight excluding hydrogens is 220 g/mol. The van der Waals surface area contributed by atoms with Gasteiger partial charge in [0.2, 0.25) is 0 Å². The smallest absolute Gasteiger partial charge is 0.198 e. The number of para-hydroxylation sites is 1. The van der Waals surface area contributed by atoms with Crippen molar-refractivity contribution >= 4 is 23.0 Å². The van der Waals surface area contributed by atoms with E-state index < -0.39 is 0 Å². The molecule has 84 valence electrons. The fourth-order valence-corrected chi connectivity index (χ4v) is 3.05. The molecule has 1 aromatic rings. The van der Waals surface area contributed by atoms with Crippen molar-refractivity contribution in [2.75, 3.05) is 4.90 Å². The lowest BCUT2D eigenvalue weighted by atomic mass is 9.93. The van der Waals surface area contributed by atoms with Crippen molar-refractivity contribution in [2.45, 2.75) is 37.4 Å². The van der Waals surface area contributed by atoms with Crippen molar-refractivity contribution in [3.8, 4) is 0 Å². The van der Waals surface area contributed by atoms with Gasteiger partial charge in [0.1, 0.15) is 0 Å². The standard InChI is InChI=1S/C13H15ClN2/c14-13-15-11-8-4-5-9-12(11)16(13)10-6-2-1-3-7-10/h1-3,6-7,12-13H,4-5,8-9H2. The number of hydrogen-bond donors (Lipinski definition) is 0. The van der Waals surface area contributed by atoms with Crippen molar-refractivity contribution in [2.24, 2.45) is 4.99 Å². The molecule has 2 nitrogen and oxygen atoms in total. The number of rotatable bonds is 1. The van der Waals surface area contributed by atoms with Gasteiger partial charge in [-0.05, 0) is 31.4 Å². The highest BCUT2D eigenvalue weighted by molar-refractivity contribution is 6.24. The topological polar surface area (TPSA) is 15.6 Å². The molecule has 0 radical (unpaired) electrons. The van der Waals surface area contributed by atoms with E-state index in [1.165, 1.54) is 30.7 Å². The number of fused-ring (bicyclic) bond motifs is 1. The Bertz CT molecular complexity index is 402. The second kappa shape index (κ2) is 4.10. The molecular formula is C13H15ClN2. The zero-order valence-electron chi connectivity index (χ0n) is 9.14. The van der Waals surface area contributed by atoms with Crippen LogP contribution in [-0.2, 0) is 0 Å². The molecule has 2 aliphatic rings. The van der Waals surface area contributed by atoms with Gasteiger partial charge in [0.15, 0.2) is 5.62 Å². The quantitative estimate of drug-likeness (QED) is 0.537. The summed E-state index contributed by atoms with van der Waals surface area (Å²) >= 11 is 6.33. The first-order valence-electron chi connectivity index (χ1n) is 5.90. The van der Waals surface area contributed by atoms with E-state index in [1.54, 1.807) is 0 Å². The maximum atomic E-state index is 6.33. The summed E-state index contributed by atoms with van der Waals surface area (Å²) in [7, 11) is 0. The summed E-state index contributed by atoms with van der Waals surface area (Å²) in [6, 6.07) is 10.8. The number of hydrogen-bond acceptors (Lipinski definition) is 2. The predicted octanol–water partition coefficient (Wildman–Crippen LogP) is 3.41. The molecule has 0 aromatic heterocycles. The summed E-state index contributed by atoms with van der Waals surface area (Å²) in [5, 5.41) is 0. The van der Waals surface area contributed by atoms with Crippen LogP contribution in [0.2, 0.25) is 0 Å². The average molecular weight is 235 g/mol. The third-order valence-electron chi connectivity index (χ3n) is 3.44. The lowest BCUT2D eigenvalue weighted by molar-refractivity contribution is 0.590. The largest absolute Gasteiger partial charge is 0.329 e. The van der Waals surface area contributed by atoms with Gasteiger partial charge in [-0.25, -0.2) is 0 Å². The van der Waals surface area contributed by atoms with Gasteiger partial charge >= 0.3 is 0 Å². The van der Waals surface area contributed by atoms with E-state index >= 15 is 0 Å². The van der Waals surface area contributed by atoms with Crippen LogP contribution in [0.1, 0.15) is 25.7 Å². The molecule has 0 amide bonds. The van der Waals surface area contributed by atoms with Crippen molar-refractivity contribution < 1.29 is 0 Å². The van der Waals surface area contributed by atoms with Crippen LogP contribution in [0.5, 0.6) is 0 Å². The molecule has 0 bridgehead atoms. The SMILES string of the molecule is ClC1N=C2CCCCC2N1c1ccccc1.